The van der Waals surface area contributed by atoms with Gasteiger partial charge < -0.3 is 78.5 Å². The number of hydrogen-bond donors (Lipinski definition) is 6. The van der Waals surface area contributed by atoms with Crippen molar-refractivity contribution in [3.8, 4) is 29.0 Å². The highest BCUT2D eigenvalue weighted by atomic mass is 16.5. The first-order valence-electron chi connectivity index (χ1n) is 27.9. The number of aromatic amines is 3. The van der Waals surface area contributed by atoms with Crippen LogP contribution in [0, 0.1) is 0 Å². The number of anilines is 6. The van der Waals surface area contributed by atoms with Gasteiger partial charge in [-0.2, -0.15) is 30.0 Å². The summed E-state index contributed by atoms with van der Waals surface area (Å²) in [6.07, 6.45) is 5.52. The molecule has 3 amide bonds. The van der Waals surface area contributed by atoms with E-state index in [-0.39, 0.29) is 17.7 Å². The maximum Gasteiger partial charge on any atom is 0.254 e. The Kier molecular flexibility index (Phi) is 19.3. The molecular weight excluding hydrogens is 1110 g/mol. The lowest BCUT2D eigenvalue weighted by atomic mass is 10.1. The van der Waals surface area contributed by atoms with E-state index in [1.807, 2.05) is 20.8 Å². The molecule has 0 atom stereocenters. The summed E-state index contributed by atoms with van der Waals surface area (Å²) in [5, 5.41) is 16.9. The Bertz CT molecular complexity index is 3640. The highest BCUT2D eigenvalue weighted by molar-refractivity contribution is 5.97. The zero-order valence-corrected chi connectivity index (χ0v) is 48.4. The number of rotatable bonds is 17. The first-order valence-corrected chi connectivity index (χ1v) is 27.9. The zero-order valence-electron chi connectivity index (χ0n) is 48.4. The Hall–Kier alpha value is -10.0. The first kappa shape index (κ1) is 59.2. The van der Waals surface area contributed by atoms with E-state index in [1.165, 1.54) is 6.33 Å². The number of morpholine rings is 3. The van der Waals surface area contributed by atoms with Crippen LogP contribution in [0.3, 0.4) is 0 Å². The Morgan fingerprint density at radius 1 is 0.523 bits per heavy atom. The zero-order chi connectivity index (χ0) is 59.9. The van der Waals surface area contributed by atoms with Gasteiger partial charge in [-0.3, -0.25) is 19.5 Å². The minimum absolute atomic E-state index is 0.0318. The molecule has 0 aliphatic carbocycles. The van der Waals surface area contributed by atoms with Gasteiger partial charge in [0.1, 0.15) is 33.7 Å². The van der Waals surface area contributed by atoms with Crippen molar-refractivity contribution >= 4 is 86.0 Å². The van der Waals surface area contributed by atoms with Crippen molar-refractivity contribution in [3.63, 3.8) is 0 Å². The van der Waals surface area contributed by atoms with Crippen LogP contribution in [-0.2, 0) is 20.6 Å². The van der Waals surface area contributed by atoms with E-state index >= 15 is 0 Å². The molecule has 0 saturated carbocycles. The van der Waals surface area contributed by atoms with Gasteiger partial charge in [0, 0.05) is 56.0 Å². The summed E-state index contributed by atoms with van der Waals surface area (Å²) in [7, 11) is 4.67. The number of aryl methyl sites for hydroxylation is 1. The van der Waals surface area contributed by atoms with E-state index in [0.717, 1.165) is 17.6 Å². The molecule has 0 radical (unpaired) electrons. The topological polar surface area (TPSA) is 334 Å². The smallest absolute Gasteiger partial charge is 0.254 e. The molecule has 3 fully saturated rings. The molecule has 3 aliphatic rings. The van der Waals surface area contributed by atoms with E-state index in [0.29, 0.717) is 201 Å². The number of nitrogens with one attached hydrogen (secondary N) is 6. The van der Waals surface area contributed by atoms with Gasteiger partial charge in [0.2, 0.25) is 29.6 Å². The number of carbonyl (C=O) groups excluding carboxylic acids is 3. The van der Waals surface area contributed by atoms with Crippen molar-refractivity contribution in [2.75, 3.05) is 129 Å². The summed E-state index contributed by atoms with van der Waals surface area (Å²) in [4.78, 5) is 84.5. The third-order valence-electron chi connectivity index (χ3n) is 13.8. The number of carbonyl (C=O) groups is 3. The number of methoxy groups -OCH3 is 3. The van der Waals surface area contributed by atoms with Gasteiger partial charge in [-0.05, 0) is 74.9 Å². The van der Waals surface area contributed by atoms with E-state index in [9.17, 15) is 14.4 Å². The van der Waals surface area contributed by atoms with Gasteiger partial charge in [-0.25, -0.2) is 15.0 Å². The highest BCUT2D eigenvalue weighted by Gasteiger charge is 2.24. The fourth-order valence-electron chi connectivity index (χ4n) is 9.41. The van der Waals surface area contributed by atoms with Gasteiger partial charge in [-0.15, -0.1) is 0 Å². The first-order chi connectivity index (χ1) is 42.1. The molecule has 29 heteroatoms. The lowest BCUT2D eigenvalue weighted by molar-refractivity contribution is 0.0301. The van der Waals surface area contributed by atoms with Crippen LogP contribution in [0.4, 0.5) is 34.9 Å². The number of amides is 3. The molecule has 0 bridgehead atoms. The van der Waals surface area contributed by atoms with Crippen LogP contribution in [0.25, 0.3) is 33.4 Å². The van der Waals surface area contributed by atoms with Gasteiger partial charge in [-0.1, -0.05) is 6.92 Å². The van der Waals surface area contributed by atoms with E-state index < -0.39 is 0 Å². The Balaban J connectivity index is 0.000000143. The summed E-state index contributed by atoms with van der Waals surface area (Å²) in [5.41, 5.74) is 7.61. The van der Waals surface area contributed by atoms with Crippen LogP contribution >= 0.6 is 0 Å². The third kappa shape index (κ3) is 13.8. The number of hydrogen-bond acceptors (Lipinski definition) is 23. The highest BCUT2D eigenvalue weighted by Crippen LogP contribution is 2.33. The monoisotopic (exact) mass is 1180 g/mol. The van der Waals surface area contributed by atoms with E-state index in [2.05, 4.69) is 76.0 Å². The van der Waals surface area contributed by atoms with Crippen LogP contribution in [0.15, 0.2) is 73.4 Å². The molecule has 12 rings (SSSR count). The maximum atomic E-state index is 12.7. The van der Waals surface area contributed by atoms with Crippen LogP contribution < -0.4 is 39.6 Å². The Morgan fingerprint density at radius 3 is 1.37 bits per heavy atom. The predicted octanol–water partition coefficient (Wildman–Crippen LogP) is 6.09. The van der Waals surface area contributed by atoms with Gasteiger partial charge >= 0.3 is 0 Å². The van der Waals surface area contributed by atoms with Crippen LogP contribution in [0.1, 0.15) is 57.5 Å². The normalized spacial score (nSPS) is 14.1. The number of H-pyrrole nitrogens is 3. The number of aromatic nitrogens is 12. The van der Waals surface area contributed by atoms with Crippen molar-refractivity contribution in [2.24, 2.45) is 0 Å². The number of benzene rings is 3. The van der Waals surface area contributed by atoms with Crippen LogP contribution in [0.5, 0.6) is 29.0 Å². The predicted molar refractivity (Wildman–Crippen MR) is 316 cm³/mol. The molecule has 6 aromatic heterocycles. The third-order valence-corrected chi connectivity index (χ3v) is 13.8. The van der Waals surface area contributed by atoms with Crippen LogP contribution in [-0.4, -0.2) is 206 Å². The molecular formula is C57H66N18O11. The van der Waals surface area contributed by atoms with E-state index in [1.54, 1.807) is 103 Å². The summed E-state index contributed by atoms with van der Waals surface area (Å²) >= 11 is 0. The Labute approximate surface area is 492 Å². The van der Waals surface area contributed by atoms with Crippen LogP contribution in [0.2, 0.25) is 0 Å². The largest absolute Gasteiger partial charge is 0.495 e. The van der Waals surface area contributed by atoms with Crippen molar-refractivity contribution in [1.82, 2.24) is 74.7 Å². The molecule has 0 spiro atoms. The molecule has 450 valence electrons. The van der Waals surface area contributed by atoms with Crippen molar-refractivity contribution in [2.45, 2.75) is 27.2 Å². The fourth-order valence-corrected chi connectivity index (χ4v) is 9.41. The lowest BCUT2D eigenvalue weighted by Crippen LogP contribution is -2.40. The second kappa shape index (κ2) is 28.1. The van der Waals surface area contributed by atoms with Gasteiger partial charge in [0.15, 0.2) is 16.9 Å². The van der Waals surface area contributed by atoms with Crippen molar-refractivity contribution in [1.29, 1.82) is 0 Å². The average molecular weight is 1180 g/mol. The molecule has 3 aromatic carbocycles. The molecule has 29 nitrogen and oxygen atoms in total. The van der Waals surface area contributed by atoms with E-state index in [4.69, 9.17) is 37.9 Å². The average Bonchev–Trinajstić information content (AvgIpc) is 3.74. The molecule has 86 heavy (non-hydrogen) atoms. The summed E-state index contributed by atoms with van der Waals surface area (Å²) in [6.45, 7) is 13.6. The number of fused-ring (bicyclic) bond motifs is 3. The molecule has 6 N–H and O–H groups in total. The second-order valence-electron chi connectivity index (χ2n) is 19.1. The number of ether oxygens (including phenoxy) is 8. The van der Waals surface area contributed by atoms with Gasteiger partial charge in [0.05, 0.1) is 116 Å². The SMILES string of the molecule is CCOc1nc(Nc2ccc(C(=O)N3CCOCC3)cc2OC)nc2[nH]ncc12.CCOc1nc(Nc2ccc(C(=O)N3CCOCC3)cc2OC)nc2nc[nH]c12.CCc1nc(Nc2ccc(C(=O)N3CCOCC3)cc2OC)nc2nc[nH]c12. The summed E-state index contributed by atoms with van der Waals surface area (Å²) in [6, 6.07) is 15.8. The molecule has 3 saturated heterocycles. The fraction of sp³-hybridized carbons (Fsp3) is 0.368. The van der Waals surface area contributed by atoms with Crippen molar-refractivity contribution in [3.05, 3.63) is 95.8 Å². The molecule has 3 aliphatic heterocycles. The standard InChI is InChI=1S/2C19H22N6O4.C19H22N6O3/c1-3-29-17-13-11-20-24-16(13)22-19(23-17)21-14-5-4-12(10-15(14)27-2)18(26)25-6-8-28-9-7-25;1-3-29-17-15-16(21-11-20-15)23-19(24-17)22-13-5-4-12(10-14(13)27-2)18(26)25-6-8-28-9-7-25;1-3-13-16-17(21-11-20-16)24-19(22-13)23-14-5-4-12(10-15(14)27-2)18(26)25-6-8-28-9-7-25/h2*4-5,10-11H,3,6-9H2,1-2H3,(H2,20,21,22,23,24);4-5,10-11H,3,6-9H2,1-2H3,(H2,20,21,22,23,24). The maximum absolute atomic E-state index is 12.7. The minimum atomic E-state index is -0.0500. The Morgan fingerprint density at radius 2 is 0.930 bits per heavy atom. The van der Waals surface area contributed by atoms with Gasteiger partial charge in [0.25, 0.3) is 17.7 Å². The minimum Gasteiger partial charge on any atom is -0.495 e. The molecule has 9 heterocycles. The molecule has 9 aromatic rings. The summed E-state index contributed by atoms with van der Waals surface area (Å²) < 4.78 is 43.5. The summed E-state index contributed by atoms with van der Waals surface area (Å²) in [5.74, 6) is 3.36. The number of nitrogens with zero attached hydrogens (tertiary/aromatic N) is 12. The molecule has 0 unspecified atom stereocenters. The number of imidazole rings is 2. The second-order valence-corrected chi connectivity index (χ2v) is 19.1. The lowest BCUT2D eigenvalue weighted by Gasteiger charge is -2.27. The quantitative estimate of drug-likeness (QED) is 0.0600. The van der Waals surface area contributed by atoms with Crippen molar-refractivity contribution < 1.29 is 52.3 Å².